The Labute approximate surface area is 78.7 Å². The maximum atomic E-state index is 10.9. The first-order valence-corrected chi connectivity index (χ1v) is 3.63. The standard InChI is InChI=1S/C7H5ClN2O3/c1-13-7(12)4-2-9-6(5(8)11)10-3-4/h2-3H,1H3. The van der Waals surface area contributed by atoms with Crippen LogP contribution in [0.3, 0.4) is 0 Å². The lowest BCUT2D eigenvalue weighted by Gasteiger charge is -1.97. The Morgan fingerprint density at radius 3 is 2.31 bits per heavy atom. The normalized spacial score (nSPS) is 9.38. The van der Waals surface area contributed by atoms with Gasteiger partial charge in [0.1, 0.15) is 0 Å². The van der Waals surface area contributed by atoms with Crippen LogP contribution in [0.5, 0.6) is 0 Å². The number of halogens is 1. The van der Waals surface area contributed by atoms with Gasteiger partial charge in [-0.1, -0.05) is 0 Å². The zero-order valence-corrected chi connectivity index (χ0v) is 7.41. The van der Waals surface area contributed by atoms with Crippen LogP contribution in [0.2, 0.25) is 0 Å². The van der Waals surface area contributed by atoms with Gasteiger partial charge >= 0.3 is 5.97 Å². The van der Waals surface area contributed by atoms with Crippen molar-refractivity contribution in [3.8, 4) is 0 Å². The summed E-state index contributed by atoms with van der Waals surface area (Å²) in [5.41, 5.74) is 0.171. The van der Waals surface area contributed by atoms with Gasteiger partial charge in [-0.3, -0.25) is 4.79 Å². The van der Waals surface area contributed by atoms with E-state index in [0.717, 1.165) is 0 Å². The van der Waals surface area contributed by atoms with E-state index in [1.54, 1.807) is 0 Å². The minimum absolute atomic E-state index is 0.144. The monoisotopic (exact) mass is 200 g/mol. The number of ether oxygens (including phenoxy) is 1. The highest BCUT2D eigenvalue weighted by Crippen LogP contribution is 2.00. The summed E-state index contributed by atoms with van der Waals surface area (Å²) in [5.74, 6) is -0.706. The van der Waals surface area contributed by atoms with Gasteiger partial charge in [-0.15, -0.1) is 0 Å². The van der Waals surface area contributed by atoms with Crippen LogP contribution >= 0.6 is 11.6 Å². The Morgan fingerprint density at radius 1 is 1.38 bits per heavy atom. The van der Waals surface area contributed by atoms with Crippen molar-refractivity contribution in [2.24, 2.45) is 0 Å². The van der Waals surface area contributed by atoms with Gasteiger partial charge < -0.3 is 4.74 Å². The molecule has 0 aliphatic carbocycles. The van der Waals surface area contributed by atoms with Crippen molar-refractivity contribution < 1.29 is 14.3 Å². The number of carbonyl (C=O) groups excluding carboxylic acids is 2. The first kappa shape index (κ1) is 9.60. The van der Waals surface area contributed by atoms with E-state index in [-0.39, 0.29) is 11.4 Å². The molecule has 13 heavy (non-hydrogen) atoms. The Kier molecular flexibility index (Phi) is 2.92. The van der Waals surface area contributed by atoms with Crippen molar-refractivity contribution >= 4 is 22.8 Å². The molecular formula is C7H5ClN2O3. The molecule has 0 atom stereocenters. The molecule has 68 valence electrons. The minimum atomic E-state index is -0.767. The van der Waals surface area contributed by atoms with E-state index in [0.29, 0.717) is 0 Å². The van der Waals surface area contributed by atoms with Gasteiger partial charge in [0.15, 0.2) is 0 Å². The highest BCUT2D eigenvalue weighted by atomic mass is 35.5. The molecule has 1 rings (SSSR count). The molecule has 0 saturated carbocycles. The minimum Gasteiger partial charge on any atom is -0.465 e. The third-order valence-electron chi connectivity index (χ3n) is 1.25. The number of aromatic nitrogens is 2. The molecule has 0 amide bonds. The highest BCUT2D eigenvalue weighted by Gasteiger charge is 2.09. The maximum Gasteiger partial charge on any atom is 0.341 e. The molecule has 0 spiro atoms. The summed E-state index contributed by atoms with van der Waals surface area (Å²) in [6.45, 7) is 0. The van der Waals surface area contributed by atoms with Gasteiger partial charge in [-0.05, 0) is 11.6 Å². The summed E-state index contributed by atoms with van der Waals surface area (Å²) in [5, 5.41) is -0.767. The second-order valence-electron chi connectivity index (χ2n) is 2.06. The lowest BCUT2D eigenvalue weighted by molar-refractivity contribution is 0.0599. The number of nitrogens with zero attached hydrogens (tertiary/aromatic N) is 2. The summed E-state index contributed by atoms with van der Waals surface area (Å²) < 4.78 is 4.40. The average Bonchev–Trinajstić information content (AvgIpc) is 2.17. The molecule has 0 aromatic carbocycles. The van der Waals surface area contributed by atoms with E-state index in [9.17, 15) is 9.59 Å². The number of methoxy groups -OCH3 is 1. The van der Waals surface area contributed by atoms with Crippen LogP contribution < -0.4 is 0 Å². The Hall–Kier alpha value is -1.49. The number of rotatable bonds is 2. The Bertz CT molecular complexity index is 336. The quantitative estimate of drug-likeness (QED) is 0.518. The molecule has 0 N–H and O–H groups in total. The van der Waals surface area contributed by atoms with Crippen molar-refractivity contribution in [2.45, 2.75) is 0 Å². The molecule has 6 heteroatoms. The number of esters is 1. The molecule has 0 bridgehead atoms. The highest BCUT2D eigenvalue weighted by molar-refractivity contribution is 6.67. The molecule has 0 aliphatic rings. The third-order valence-corrected chi connectivity index (χ3v) is 1.42. The summed E-state index contributed by atoms with van der Waals surface area (Å²) in [6, 6.07) is 0. The van der Waals surface area contributed by atoms with E-state index in [1.165, 1.54) is 19.5 Å². The molecular weight excluding hydrogens is 196 g/mol. The van der Waals surface area contributed by atoms with Gasteiger partial charge in [0.25, 0.3) is 5.24 Å². The van der Waals surface area contributed by atoms with E-state index in [4.69, 9.17) is 11.6 Å². The predicted molar refractivity (Wildman–Crippen MR) is 43.6 cm³/mol. The van der Waals surface area contributed by atoms with E-state index >= 15 is 0 Å². The van der Waals surface area contributed by atoms with Crippen molar-refractivity contribution in [3.63, 3.8) is 0 Å². The Morgan fingerprint density at radius 2 is 1.92 bits per heavy atom. The third kappa shape index (κ3) is 2.22. The van der Waals surface area contributed by atoms with Gasteiger partial charge in [0, 0.05) is 12.4 Å². The molecule has 1 heterocycles. The number of hydrogen-bond acceptors (Lipinski definition) is 5. The fourth-order valence-corrected chi connectivity index (χ4v) is 0.750. The van der Waals surface area contributed by atoms with Crippen LogP contribution in [0.1, 0.15) is 21.0 Å². The fraction of sp³-hybridized carbons (Fsp3) is 0.143. The average molecular weight is 201 g/mol. The second kappa shape index (κ2) is 3.95. The zero-order chi connectivity index (χ0) is 9.84. The molecule has 0 unspecified atom stereocenters. The van der Waals surface area contributed by atoms with Crippen LogP contribution in [-0.4, -0.2) is 28.3 Å². The molecule has 5 nitrogen and oxygen atoms in total. The van der Waals surface area contributed by atoms with Crippen molar-refractivity contribution in [1.29, 1.82) is 0 Å². The van der Waals surface area contributed by atoms with Crippen molar-refractivity contribution in [2.75, 3.05) is 7.11 Å². The summed E-state index contributed by atoms with van der Waals surface area (Å²) in [6.07, 6.45) is 2.35. The topological polar surface area (TPSA) is 69.2 Å². The van der Waals surface area contributed by atoms with Crippen molar-refractivity contribution in [1.82, 2.24) is 9.97 Å². The lowest BCUT2D eigenvalue weighted by atomic mass is 10.3. The van der Waals surface area contributed by atoms with Gasteiger partial charge in [-0.25, -0.2) is 14.8 Å². The van der Waals surface area contributed by atoms with E-state index < -0.39 is 11.2 Å². The van der Waals surface area contributed by atoms with Gasteiger partial charge in [0.05, 0.1) is 12.7 Å². The molecule has 0 fully saturated rings. The summed E-state index contributed by atoms with van der Waals surface area (Å²) >= 11 is 5.09. The predicted octanol–water partition coefficient (Wildman–Crippen LogP) is 0.642. The molecule has 0 saturated heterocycles. The summed E-state index contributed by atoms with van der Waals surface area (Å²) in [7, 11) is 1.24. The molecule has 0 aliphatic heterocycles. The van der Waals surface area contributed by atoms with Crippen molar-refractivity contribution in [3.05, 3.63) is 23.8 Å². The number of carbonyl (C=O) groups is 2. The fourth-order valence-electron chi connectivity index (χ4n) is 0.653. The van der Waals surface area contributed by atoms with E-state index in [2.05, 4.69) is 14.7 Å². The van der Waals surface area contributed by atoms with Gasteiger partial charge in [-0.2, -0.15) is 0 Å². The van der Waals surface area contributed by atoms with Crippen LogP contribution in [0.25, 0.3) is 0 Å². The first-order chi connectivity index (χ1) is 6.15. The maximum absolute atomic E-state index is 10.9. The van der Waals surface area contributed by atoms with Crippen LogP contribution in [-0.2, 0) is 4.74 Å². The SMILES string of the molecule is COC(=O)c1cnc(C(=O)Cl)nc1. The van der Waals surface area contributed by atoms with Crippen LogP contribution in [0.4, 0.5) is 0 Å². The Balaban J connectivity index is 2.93. The van der Waals surface area contributed by atoms with E-state index in [1.807, 2.05) is 0 Å². The molecule has 1 aromatic heterocycles. The molecule has 0 radical (unpaired) electrons. The van der Waals surface area contributed by atoms with Gasteiger partial charge in [0.2, 0.25) is 5.82 Å². The lowest BCUT2D eigenvalue weighted by Crippen LogP contribution is -2.05. The first-order valence-electron chi connectivity index (χ1n) is 3.25. The number of hydrogen-bond donors (Lipinski definition) is 0. The largest absolute Gasteiger partial charge is 0.465 e. The second-order valence-corrected chi connectivity index (χ2v) is 2.40. The zero-order valence-electron chi connectivity index (χ0n) is 6.65. The molecule has 1 aromatic rings. The van der Waals surface area contributed by atoms with Crippen LogP contribution in [0, 0.1) is 0 Å². The summed E-state index contributed by atoms with van der Waals surface area (Å²) in [4.78, 5) is 28.5. The van der Waals surface area contributed by atoms with Crippen LogP contribution in [0.15, 0.2) is 12.4 Å². The smallest absolute Gasteiger partial charge is 0.341 e.